The molecule has 12 heavy (non-hydrogen) atoms. The van der Waals surface area contributed by atoms with Crippen LogP contribution in [-0.4, -0.2) is 11.2 Å². The molecule has 0 aromatic carbocycles. The van der Waals surface area contributed by atoms with E-state index in [1.807, 2.05) is 25.1 Å². The lowest BCUT2D eigenvalue weighted by Gasteiger charge is -1.88. The van der Waals surface area contributed by atoms with Crippen LogP contribution in [0.4, 0.5) is 0 Å². The van der Waals surface area contributed by atoms with Gasteiger partial charge >= 0.3 is 0 Å². The first-order valence-corrected chi connectivity index (χ1v) is 3.87. The molecule has 1 heterocycles. The van der Waals surface area contributed by atoms with Crippen molar-refractivity contribution in [2.45, 2.75) is 13.5 Å². The van der Waals surface area contributed by atoms with Crippen LogP contribution in [0.2, 0.25) is 0 Å². The summed E-state index contributed by atoms with van der Waals surface area (Å²) < 4.78 is 0. The first-order valence-electron chi connectivity index (χ1n) is 3.87. The van der Waals surface area contributed by atoms with Gasteiger partial charge in [0.2, 0.25) is 0 Å². The number of hydrogen-bond acceptors (Lipinski definition) is 2. The van der Waals surface area contributed by atoms with E-state index >= 15 is 0 Å². The molecular formula is C9H13N3. The summed E-state index contributed by atoms with van der Waals surface area (Å²) in [6, 6.07) is 1.89. The van der Waals surface area contributed by atoms with E-state index in [4.69, 9.17) is 11.1 Å². The summed E-state index contributed by atoms with van der Waals surface area (Å²) >= 11 is 0. The average molecular weight is 163 g/mol. The average Bonchev–Trinajstić information content (AvgIpc) is 2.48. The molecule has 1 aromatic rings. The molecule has 3 nitrogen and oxygen atoms in total. The van der Waals surface area contributed by atoms with E-state index in [-0.39, 0.29) is 0 Å². The second kappa shape index (κ2) is 3.88. The van der Waals surface area contributed by atoms with Gasteiger partial charge in [-0.15, -0.1) is 0 Å². The quantitative estimate of drug-likeness (QED) is 0.581. The zero-order valence-electron chi connectivity index (χ0n) is 7.09. The lowest BCUT2D eigenvalue weighted by Crippen LogP contribution is -1.95. The molecule has 0 radical (unpaired) electrons. The van der Waals surface area contributed by atoms with Crippen molar-refractivity contribution in [1.82, 2.24) is 4.98 Å². The Labute approximate surface area is 71.8 Å². The first kappa shape index (κ1) is 8.74. The maximum absolute atomic E-state index is 7.13. The summed E-state index contributed by atoms with van der Waals surface area (Å²) in [5, 5.41) is 7.13. The third kappa shape index (κ3) is 1.62. The van der Waals surface area contributed by atoms with Crippen molar-refractivity contribution in [1.29, 1.82) is 5.41 Å². The molecule has 0 amide bonds. The van der Waals surface area contributed by atoms with Crippen LogP contribution < -0.4 is 5.73 Å². The first-order chi connectivity index (χ1) is 5.81. The van der Waals surface area contributed by atoms with Crippen molar-refractivity contribution in [3.63, 3.8) is 0 Å². The Balaban J connectivity index is 3.07. The normalized spacial score (nSPS) is 10.8. The van der Waals surface area contributed by atoms with E-state index in [0.717, 1.165) is 17.0 Å². The van der Waals surface area contributed by atoms with Gasteiger partial charge in [-0.1, -0.05) is 6.08 Å². The van der Waals surface area contributed by atoms with E-state index in [0.29, 0.717) is 6.54 Å². The van der Waals surface area contributed by atoms with Crippen molar-refractivity contribution >= 4 is 12.3 Å². The van der Waals surface area contributed by atoms with Gasteiger partial charge < -0.3 is 16.1 Å². The van der Waals surface area contributed by atoms with Crippen molar-refractivity contribution in [3.8, 4) is 0 Å². The summed E-state index contributed by atoms with van der Waals surface area (Å²) in [6.07, 6.45) is 5.18. The summed E-state index contributed by atoms with van der Waals surface area (Å²) in [6.45, 7) is 2.43. The van der Waals surface area contributed by atoms with Gasteiger partial charge in [0.05, 0.1) is 0 Å². The summed E-state index contributed by atoms with van der Waals surface area (Å²) in [4.78, 5) is 3.12. The van der Waals surface area contributed by atoms with Crippen molar-refractivity contribution in [2.75, 3.05) is 0 Å². The van der Waals surface area contributed by atoms with Gasteiger partial charge in [-0.05, 0) is 19.1 Å². The summed E-state index contributed by atoms with van der Waals surface area (Å²) in [7, 11) is 0. The van der Waals surface area contributed by atoms with E-state index in [1.165, 1.54) is 6.21 Å². The second-order valence-corrected chi connectivity index (χ2v) is 2.51. The van der Waals surface area contributed by atoms with Crippen LogP contribution in [0.3, 0.4) is 0 Å². The number of aromatic amines is 1. The van der Waals surface area contributed by atoms with Crippen molar-refractivity contribution < 1.29 is 0 Å². The fraction of sp³-hybridized carbons (Fsp3) is 0.222. The molecule has 0 fully saturated rings. The number of nitrogens with two attached hydrogens (primary N) is 1. The van der Waals surface area contributed by atoms with Crippen LogP contribution in [-0.2, 0) is 6.54 Å². The molecule has 64 valence electrons. The molecule has 0 spiro atoms. The number of nitrogens with one attached hydrogen (secondary N) is 2. The Hall–Kier alpha value is -1.35. The Kier molecular flexibility index (Phi) is 2.82. The van der Waals surface area contributed by atoms with Gasteiger partial charge in [0, 0.05) is 29.7 Å². The third-order valence-electron chi connectivity index (χ3n) is 1.64. The van der Waals surface area contributed by atoms with E-state index in [9.17, 15) is 0 Å². The maximum Gasteiger partial charge on any atom is 0.0468 e. The predicted octanol–water partition coefficient (Wildman–Crippen LogP) is 1.50. The highest BCUT2D eigenvalue weighted by Crippen LogP contribution is 2.09. The molecule has 0 aliphatic carbocycles. The zero-order valence-corrected chi connectivity index (χ0v) is 7.09. The highest BCUT2D eigenvalue weighted by Gasteiger charge is 2.00. The number of hydrogen-bond donors (Lipinski definition) is 3. The van der Waals surface area contributed by atoms with E-state index in [2.05, 4.69) is 4.98 Å². The van der Waals surface area contributed by atoms with Gasteiger partial charge in [0.1, 0.15) is 0 Å². The van der Waals surface area contributed by atoms with Gasteiger partial charge in [-0.2, -0.15) is 0 Å². The zero-order chi connectivity index (χ0) is 8.97. The fourth-order valence-corrected chi connectivity index (χ4v) is 1.08. The molecule has 3 heteroatoms. The molecule has 1 aromatic heterocycles. The molecule has 0 aliphatic heterocycles. The lowest BCUT2D eigenvalue weighted by molar-refractivity contribution is 1.01. The van der Waals surface area contributed by atoms with Gasteiger partial charge in [0.25, 0.3) is 0 Å². The van der Waals surface area contributed by atoms with Gasteiger partial charge in [-0.3, -0.25) is 0 Å². The Morgan fingerprint density at radius 1 is 1.67 bits per heavy atom. The minimum Gasteiger partial charge on any atom is -0.357 e. The maximum atomic E-state index is 7.13. The number of allylic oxidation sites excluding steroid dienone is 1. The van der Waals surface area contributed by atoms with E-state index < -0.39 is 0 Å². The van der Waals surface area contributed by atoms with Crippen LogP contribution in [0.5, 0.6) is 0 Å². The number of rotatable bonds is 3. The molecule has 0 atom stereocenters. The van der Waals surface area contributed by atoms with Gasteiger partial charge in [0.15, 0.2) is 0 Å². The largest absolute Gasteiger partial charge is 0.357 e. The lowest BCUT2D eigenvalue weighted by atomic mass is 10.2. The molecule has 0 aliphatic rings. The Morgan fingerprint density at radius 2 is 2.42 bits per heavy atom. The molecule has 0 bridgehead atoms. The molecule has 0 saturated heterocycles. The standard InChI is InChI=1S/C9H13N3/c1-2-3-9-7(5-10)4-8(6-11)12-9/h2-5,10,12H,6,11H2,1H3/b3-2-,10-5?. The number of aromatic nitrogens is 1. The highest BCUT2D eigenvalue weighted by molar-refractivity contribution is 5.82. The molecular weight excluding hydrogens is 150 g/mol. The number of H-pyrrole nitrogens is 1. The predicted molar refractivity (Wildman–Crippen MR) is 51.3 cm³/mol. The van der Waals surface area contributed by atoms with E-state index in [1.54, 1.807) is 0 Å². The van der Waals surface area contributed by atoms with Gasteiger partial charge in [-0.25, -0.2) is 0 Å². The van der Waals surface area contributed by atoms with Crippen LogP contribution in [0.15, 0.2) is 12.1 Å². The molecule has 4 N–H and O–H groups in total. The van der Waals surface area contributed by atoms with Crippen LogP contribution in [0.1, 0.15) is 23.9 Å². The monoisotopic (exact) mass is 163 g/mol. The molecule has 0 saturated carbocycles. The topological polar surface area (TPSA) is 65.7 Å². The highest BCUT2D eigenvalue weighted by atomic mass is 14.8. The second-order valence-electron chi connectivity index (χ2n) is 2.51. The SMILES string of the molecule is C/C=C\c1[nH]c(CN)cc1C=N. The van der Waals surface area contributed by atoms with Crippen LogP contribution in [0.25, 0.3) is 6.08 Å². The van der Waals surface area contributed by atoms with Crippen molar-refractivity contribution in [2.24, 2.45) is 5.73 Å². The minimum absolute atomic E-state index is 0.485. The smallest absolute Gasteiger partial charge is 0.0468 e. The molecule has 1 rings (SSSR count). The summed E-state index contributed by atoms with van der Waals surface area (Å²) in [5.74, 6) is 0. The minimum atomic E-state index is 0.485. The Bertz CT molecular complexity index is 297. The Morgan fingerprint density at radius 3 is 2.92 bits per heavy atom. The van der Waals surface area contributed by atoms with Crippen LogP contribution >= 0.6 is 0 Å². The van der Waals surface area contributed by atoms with Crippen LogP contribution in [0, 0.1) is 5.41 Å². The fourth-order valence-electron chi connectivity index (χ4n) is 1.08. The molecule has 0 unspecified atom stereocenters. The third-order valence-corrected chi connectivity index (χ3v) is 1.64. The van der Waals surface area contributed by atoms with Crippen molar-refractivity contribution in [3.05, 3.63) is 29.1 Å². The summed E-state index contributed by atoms with van der Waals surface area (Å²) in [5.41, 5.74) is 8.25.